The van der Waals surface area contributed by atoms with E-state index in [9.17, 15) is 23.2 Å². The van der Waals surface area contributed by atoms with E-state index < -0.39 is 6.61 Å². The normalized spacial score (nSPS) is 13.0. The second kappa shape index (κ2) is 8.60. The number of nitrogens with one attached hydrogen (secondary N) is 1. The van der Waals surface area contributed by atoms with Crippen molar-refractivity contribution in [1.82, 2.24) is 10.2 Å². The third-order valence-electron chi connectivity index (χ3n) is 4.31. The maximum absolute atomic E-state index is 12.2. The number of hydrogen-bond donors (Lipinski definition) is 1. The van der Waals surface area contributed by atoms with Crippen LogP contribution in [0.25, 0.3) is 0 Å². The summed E-state index contributed by atoms with van der Waals surface area (Å²) in [5.41, 5.74) is 1.15. The van der Waals surface area contributed by atoms with Crippen LogP contribution in [0, 0.1) is 0 Å². The quantitative estimate of drug-likeness (QED) is 0.557. The highest BCUT2D eigenvalue weighted by Gasteiger charge is 2.34. The third-order valence-corrected chi connectivity index (χ3v) is 4.31. The topological polar surface area (TPSA) is 75.7 Å². The first-order chi connectivity index (χ1) is 13.5. The Morgan fingerprint density at radius 3 is 2.14 bits per heavy atom. The van der Waals surface area contributed by atoms with Gasteiger partial charge in [0, 0.05) is 18.7 Å². The number of rotatable bonds is 8. The average Bonchev–Trinajstić information content (AvgIpc) is 2.92. The molecule has 146 valence electrons. The molecule has 0 saturated heterocycles. The predicted molar refractivity (Wildman–Crippen MR) is 96.5 cm³/mol. The molecular weight excluding hydrogens is 370 g/mol. The molecule has 3 amide bonds. The molecule has 2 aromatic carbocycles. The third kappa shape index (κ3) is 4.33. The van der Waals surface area contributed by atoms with Crippen LogP contribution >= 0.6 is 0 Å². The fourth-order valence-corrected chi connectivity index (χ4v) is 2.93. The van der Waals surface area contributed by atoms with Gasteiger partial charge in [-0.25, -0.2) is 0 Å². The summed E-state index contributed by atoms with van der Waals surface area (Å²) in [6, 6.07) is 12.1. The fraction of sp³-hybridized carbons (Fsp3) is 0.250. The first kappa shape index (κ1) is 19.5. The second-order valence-electron chi connectivity index (χ2n) is 6.17. The van der Waals surface area contributed by atoms with Crippen LogP contribution in [0.3, 0.4) is 0 Å². The Bertz CT molecular complexity index is 849. The zero-order chi connectivity index (χ0) is 20.1. The van der Waals surface area contributed by atoms with E-state index in [0.29, 0.717) is 36.1 Å². The van der Waals surface area contributed by atoms with Crippen molar-refractivity contribution >= 4 is 17.7 Å². The summed E-state index contributed by atoms with van der Waals surface area (Å²) in [5.74, 6) is -0.955. The van der Waals surface area contributed by atoms with Gasteiger partial charge in [-0.05, 0) is 49.2 Å². The molecule has 1 aliphatic rings. The molecule has 0 radical (unpaired) electrons. The van der Waals surface area contributed by atoms with E-state index in [0.717, 1.165) is 0 Å². The summed E-state index contributed by atoms with van der Waals surface area (Å²) < 4.78 is 28.4. The van der Waals surface area contributed by atoms with Crippen LogP contribution in [0.2, 0.25) is 0 Å². The molecule has 0 unspecified atom stereocenters. The number of fused-ring (bicyclic) bond motifs is 1. The van der Waals surface area contributed by atoms with Gasteiger partial charge in [0.2, 0.25) is 0 Å². The smallest absolute Gasteiger partial charge is 0.387 e. The fourth-order valence-electron chi connectivity index (χ4n) is 2.93. The van der Waals surface area contributed by atoms with Crippen molar-refractivity contribution in [2.45, 2.75) is 19.5 Å². The Morgan fingerprint density at radius 1 is 0.964 bits per heavy atom. The highest BCUT2D eigenvalue weighted by Crippen LogP contribution is 2.22. The molecule has 1 aliphatic heterocycles. The van der Waals surface area contributed by atoms with Crippen molar-refractivity contribution in [3.8, 4) is 5.75 Å². The van der Waals surface area contributed by atoms with Crippen LogP contribution in [0.1, 0.15) is 43.9 Å². The number of carbonyl (C=O) groups is 3. The molecule has 0 spiro atoms. The summed E-state index contributed by atoms with van der Waals surface area (Å²) >= 11 is 0. The van der Waals surface area contributed by atoms with Crippen LogP contribution in [0.4, 0.5) is 8.78 Å². The predicted octanol–water partition coefficient (Wildman–Crippen LogP) is 3.09. The highest BCUT2D eigenvalue weighted by molar-refractivity contribution is 6.21. The van der Waals surface area contributed by atoms with Crippen molar-refractivity contribution in [1.29, 1.82) is 0 Å². The molecule has 0 atom stereocenters. The number of alkyl halides is 2. The highest BCUT2D eigenvalue weighted by atomic mass is 19.3. The molecule has 1 heterocycles. The lowest BCUT2D eigenvalue weighted by Crippen LogP contribution is -2.31. The first-order valence-electron chi connectivity index (χ1n) is 8.75. The largest absolute Gasteiger partial charge is 0.435 e. The number of carbonyl (C=O) groups excluding carboxylic acids is 3. The van der Waals surface area contributed by atoms with Crippen LogP contribution in [-0.4, -0.2) is 42.3 Å². The van der Waals surface area contributed by atoms with E-state index in [1.807, 2.05) is 0 Å². The molecule has 0 aliphatic carbocycles. The number of nitrogens with zero attached hydrogens (tertiary/aromatic N) is 1. The van der Waals surface area contributed by atoms with Crippen molar-refractivity contribution in [3.05, 3.63) is 65.2 Å². The lowest BCUT2D eigenvalue weighted by atomic mass is 10.1. The number of benzene rings is 2. The van der Waals surface area contributed by atoms with E-state index in [4.69, 9.17) is 0 Å². The molecule has 6 nitrogen and oxygen atoms in total. The summed E-state index contributed by atoms with van der Waals surface area (Å²) in [5, 5.41) is 2.71. The molecule has 3 rings (SSSR count). The van der Waals surface area contributed by atoms with Crippen molar-refractivity contribution in [3.63, 3.8) is 0 Å². The van der Waals surface area contributed by atoms with Gasteiger partial charge >= 0.3 is 6.61 Å². The first-order valence-corrected chi connectivity index (χ1v) is 8.75. The average molecular weight is 388 g/mol. The van der Waals surface area contributed by atoms with Crippen LogP contribution in [0.5, 0.6) is 5.75 Å². The number of unbranched alkanes of at least 4 members (excludes halogenated alkanes) is 1. The summed E-state index contributed by atoms with van der Waals surface area (Å²) in [4.78, 5) is 37.7. The Labute approximate surface area is 160 Å². The molecule has 2 aromatic rings. The van der Waals surface area contributed by atoms with E-state index in [2.05, 4.69) is 10.1 Å². The van der Waals surface area contributed by atoms with Gasteiger partial charge in [0.05, 0.1) is 11.1 Å². The number of halogens is 2. The molecule has 8 heteroatoms. The van der Waals surface area contributed by atoms with Gasteiger partial charge in [-0.1, -0.05) is 12.1 Å². The molecular formula is C20H18F2N2O4. The molecule has 0 bridgehead atoms. The summed E-state index contributed by atoms with van der Waals surface area (Å²) in [6.45, 7) is -2.28. The van der Waals surface area contributed by atoms with Crippen molar-refractivity contribution in [2.75, 3.05) is 13.1 Å². The lowest BCUT2D eigenvalue weighted by Gasteiger charge is -2.13. The van der Waals surface area contributed by atoms with Gasteiger partial charge in [-0.15, -0.1) is 0 Å². The Kier molecular flexibility index (Phi) is 5.98. The number of hydrogen-bond acceptors (Lipinski definition) is 4. The minimum atomic E-state index is -2.91. The van der Waals surface area contributed by atoms with E-state index in [1.54, 1.807) is 24.3 Å². The Morgan fingerprint density at radius 2 is 1.57 bits per heavy atom. The maximum Gasteiger partial charge on any atom is 0.387 e. The van der Waals surface area contributed by atoms with Crippen LogP contribution in [0.15, 0.2) is 48.5 Å². The zero-order valence-corrected chi connectivity index (χ0v) is 14.9. The van der Waals surface area contributed by atoms with E-state index in [1.165, 1.54) is 29.2 Å². The zero-order valence-electron chi connectivity index (χ0n) is 14.9. The lowest BCUT2D eigenvalue weighted by molar-refractivity contribution is -0.0498. The summed E-state index contributed by atoms with van der Waals surface area (Å²) in [6.07, 6.45) is 1.12. The monoisotopic (exact) mass is 388 g/mol. The van der Waals surface area contributed by atoms with E-state index >= 15 is 0 Å². The SMILES string of the molecule is O=C(NCCCCN1C(=O)c2ccccc2C1=O)c1ccc(OC(F)F)cc1. The Hall–Kier alpha value is -3.29. The minimum Gasteiger partial charge on any atom is -0.435 e. The number of imide groups is 1. The van der Waals surface area contributed by atoms with Gasteiger partial charge in [0.15, 0.2) is 0 Å². The minimum absolute atomic E-state index is 0.0208. The van der Waals surface area contributed by atoms with E-state index in [-0.39, 0.29) is 30.0 Å². The molecule has 0 fully saturated rings. The number of amides is 3. The molecule has 0 saturated carbocycles. The van der Waals surface area contributed by atoms with Gasteiger partial charge < -0.3 is 10.1 Å². The van der Waals surface area contributed by atoms with Gasteiger partial charge in [0.25, 0.3) is 17.7 Å². The second-order valence-corrected chi connectivity index (χ2v) is 6.17. The Balaban J connectivity index is 1.41. The maximum atomic E-state index is 12.2. The van der Waals surface area contributed by atoms with Crippen LogP contribution in [-0.2, 0) is 0 Å². The van der Waals surface area contributed by atoms with Crippen LogP contribution < -0.4 is 10.1 Å². The van der Waals surface area contributed by atoms with Crippen molar-refractivity contribution < 1.29 is 27.9 Å². The standard InChI is InChI=1S/C20H18F2N2O4/c21-20(22)28-14-9-7-13(8-10-14)17(25)23-11-3-4-12-24-18(26)15-5-1-2-6-16(15)19(24)27/h1-2,5-10,20H,3-4,11-12H2,(H,23,25). The van der Waals surface area contributed by atoms with Gasteiger partial charge in [0.1, 0.15) is 5.75 Å². The van der Waals surface area contributed by atoms with Gasteiger partial charge in [-0.3, -0.25) is 19.3 Å². The molecule has 0 aromatic heterocycles. The van der Waals surface area contributed by atoms with Crippen molar-refractivity contribution in [2.24, 2.45) is 0 Å². The summed E-state index contributed by atoms with van der Waals surface area (Å²) in [7, 11) is 0. The molecule has 28 heavy (non-hydrogen) atoms. The molecule has 1 N–H and O–H groups in total. The van der Waals surface area contributed by atoms with Gasteiger partial charge in [-0.2, -0.15) is 8.78 Å². The number of ether oxygens (including phenoxy) is 1.